The first-order valence-corrected chi connectivity index (χ1v) is 6.15. The van der Waals surface area contributed by atoms with E-state index in [-0.39, 0.29) is 11.8 Å². The van der Waals surface area contributed by atoms with Gasteiger partial charge in [-0.3, -0.25) is 0 Å². The molecule has 0 aliphatic carbocycles. The normalized spacial score (nSPS) is 18.1. The Morgan fingerprint density at radius 1 is 1.05 bits per heavy atom. The topological polar surface area (TPSA) is 32.3 Å². The summed E-state index contributed by atoms with van der Waals surface area (Å²) >= 11 is 0. The third-order valence-electron chi connectivity index (χ3n) is 3.45. The molecule has 0 saturated carbocycles. The van der Waals surface area contributed by atoms with Crippen molar-refractivity contribution in [2.75, 3.05) is 6.54 Å². The molecule has 2 N–H and O–H groups in total. The minimum atomic E-state index is -0.581. The highest BCUT2D eigenvalue weighted by atomic mass is 19.1. The lowest BCUT2D eigenvalue weighted by Gasteiger charge is -2.27. The number of hydrogen-bond donors (Lipinski definition) is 2. The molecule has 2 aromatic rings. The van der Waals surface area contributed by atoms with Crippen LogP contribution in [0.1, 0.15) is 22.7 Å². The van der Waals surface area contributed by atoms with Gasteiger partial charge in [-0.1, -0.05) is 12.1 Å². The molecular weight excluding hydrogens is 248 g/mol. The zero-order valence-electron chi connectivity index (χ0n) is 10.2. The number of rotatable bonds is 1. The van der Waals surface area contributed by atoms with Gasteiger partial charge in [-0.25, -0.2) is 8.78 Å². The summed E-state index contributed by atoms with van der Waals surface area (Å²) in [5.74, 6) is -0.930. The van der Waals surface area contributed by atoms with Crippen molar-refractivity contribution < 1.29 is 13.9 Å². The number of benzene rings is 2. The molecular formula is C15H13F2NO. The molecule has 19 heavy (non-hydrogen) atoms. The summed E-state index contributed by atoms with van der Waals surface area (Å²) in [4.78, 5) is 0. The smallest absolute Gasteiger partial charge is 0.131 e. The summed E-state index contributed by atoms with van der Waals surface area (Å²) in [5.41, 5.74) is 2.34. The standard InChI is InChI=1S/C15H13F2NO/c16-10-1-3-13(14(17)8-10)15-12-4-2-11(19)7-9(12)5-6-18-15/h1-4,7-8,15,18-19H,5-6H2. The number of phenolic OH excluding ortho intramolecular Hbond substituents is 1. The minimum absolute atomic E-state index is 0.207. The Morgan fingerprint density at radius 2 is 1.84 bits per heavy atom. The van der Waals surface area contributed by atoms with Gasteiger partial charge in [0.2, 0.25) is 0 Å². The van der Waals surface area contributed by atoms with Gasteiger partial charge < -0.3 is 10.4 Å². The highest BCUT2D eigenvalue weighted by molar-refractivity contribution is 5.43. The fraction of sp³-hybridized carbons (Fsp3) is 0.200. The van der Waals surface area contributed by atoms with E-state index in [2.05, 4.69) is 5.32 Å². The van der Waals surface area contributed by atoms with Crippen LogP contribution in [0.4, 0.5) is 8.78 Å². The lowest BCUT2D eigenvalue weighted by atomic mass is 9.89. The predicted molar refractivity (Wildman–Crippen MR) is 68.0 cm³/mol. The van der Waals surface area contributed by atoms with Gasteiger partial charge in [0, 0.05) is 18.2 Å². The van der Waals surface area contributed by atoms with E-state index >= 15 is 0 Å². The summed E-state index contributed by atoms with van der Waals surface area (Å²) in [6, 6.07) is 8.38. The molecule has 1 aliphatic heterocycles. The van der Waals surface area contributed by atoms with Crippen LogP contribution in [-0.2, 0) is 6.42 Å². The van der Waals surface area contributed by atoms with Gasteiger partial charge in [-0.05, 0) is 35.7 Å². The van der Waals surface area contributed by atoms with Gasteiger partial charge in [0.1, 0.15) is 17.4 Å². The Bertz CT molecular complexity index is 628. The van der Waals surface area contributed by atoms with Crippen molar-refractivity contribution in [2.24, 2.45) is 0 Å². The molecule has 98 valence electrons. The number of aromatic hydroxyl groups is 1. The first kappa shape index (κ1) is 12.1. The van der Waals surface area contributed by atoms with Crippen LogP contribution in [0.2, 0.25) is 0 Å². The second kappa shape index (κ2) is 4.63. The van der Waals surface area contributed by atoms with Crippen molar-refractivity contribution in [1.82, 2.24) is 5.32 Å². The monoisotopic (exact) mass is 261 g/mol. The lowest BCUT2D eigenvalue weighted by molar-refractivity contribution is 0.470. The lowest BCUT2D eigenvalue weighted by Crippen LogP contribution is -2.31. The third kappa shape index (κ3) is 2.19. The molecule has 0 spiro atoms. The van der Waals surface area contributed by atoms with Crippen LogP contribution in [0.3, 0.4) is 0 Å². The molecule has 1 atom stereocenters. The van der Waals surface area contributed by atoms with E-state index in [1.54, 1.807) is 18.2 Å². The van der Waals surface area contributed by atoms with E-state index in [1.807, 2.05) is 0 Å². The summed E-state index contributed by atoms with van der Waals surface area (Å²) in [6.07, 6.45) is 0.781. The Hall–Kier alpha value is -1.94. The zero-order chi connectivity index (χ0) is 13.4. The van der Waals surface area contributed by atoms with Crippen LogP contribution in [0.25, 0.3) is 0 Å². The molecule has 3 rings (SSSR count). The van der Waals surface area contributed by atoms with Crippen molar-refractivity contribution >= 4 is 0 Å². The summed E-state index contributed by atoms with van der Waals surface area (Å²) < 4.78 is 26.8. The van der Waals surface area contributed by atoms with Crippen LogP contribution >= 0.6 is 0 Å². The molecule has 1 aliphatic rings. The van der Waals surface area contributed by atoms with Gasteiger partial charge >= 0.3 is 0 Å². The van der Waals surface area contributed by atoms with E-state index in [1.165, 1.54) is 12.1 Å². The number of phenols is 1. The van der Waals surface area contributed by atoms with Crippen molar-refractivity contribution in [3.63, 3.8) is 0 Å². The summed E-state index contributed by atoms with van der Waals surface area (Å²) in [7, 11) is 0. The SMILES string of the molecule is Oc1ccc2c(c1)CCNC2c1ccc(F)cc1F. The highest BCUT2D eigenvalue weighted by Gasteiger charge is 2.24. The van der Waals surface area contributed by atoms with Crippen molar-refractivity contribution in [3.8, 4) is 5.75 Å². The van der Waals surface area contributed by atoms with Crippen LogP contribution in [-0.4, -0.2) is 11.7 Å². The van der Waals surface area contributed by atoms with E-state index < -0.39 is 11.6 Å². The Kier molecular flexibility index (Phi) is 2.95. The Labute approximate surface area is 109 Å². The number of nitrogens with one attached hydrogen (secondary N) is 1. The largest absolute Gasteiger partial charge is 0.508 e. The molecule has 0 radical (unpaired) electrons. The van der Waals surface area contributed by atoms with Gasteiger partial charge in [-0.2, -0.15) is 0 Å². The van der Waals surface area contributed by atoms with Crippen molar-refractivity contribution in [1.29, 1.82) is 0 Å². The Balaban J connectivity index is 2.08. The molecule has 2 aromatic carbocycles. The second-order valence-corrected chi connectivity index (χ2v) is 4.69. The fourth-order valence-corrected chi connectivity index (χ4v) is 2.56. The molecule has 0 saturated heterocycles. The fourth-order valence-electron chi connectivity index (χ4n) is 2.56. The maximum atomic E-state index is 13.9. The predicted octanol–water partition coefficient (Wildman–Crippen LogP) is 2.91. The molecule has 1 heterocycles. The number of fused-ring (bicyclic) bond motifs is 1. The molecule has 0 bridgehead atoms. The van der Waals surface area contributed by atoms with Crippen molar-refractivity contribution in [3.05, 3.63) is 64.7 Å². The average Bonchev–Trinajstić information content (AvgIpc) is 2.38. The van der Waals surface area contributed by atoms with Crippen LogP contribution in [0.15, 0.2) is 36.4 Å². The molecule has 0 amide bonds. The number of hydrogen-bond acceptors (Lipinski definition) is 2. The molecule has 1 unspecified atom stereocenters. The van der Waals surface area contributed by atoms with Crippen LogP contribution in [0.5, 0.6) is 5.75 Å². The van der Waals surface area contributed by atoms with Crippen molar-refractivity contribution in [2.45, 2.75) is 12.5 Å². The Morgan fingerprint density at radius 3 is 2.63 bits per heavy atom. The van der Waals surface area contributed by atoms with E-state index in [9.17, 15) is 13.9 Å². The molecule has 0 aromatic heterocycles. The van der Waals surface area contributed by atoms with Crippen LogP contribution < -0.4 is 5.32 Å². The number of halogens is 2. The van der Waals surface area contributed by atoms with E-state index in [0.29, 0.717) is 12.1 Å². The van der Waals surface area contributed by atoms with Gasteiger partial charge in [0.05, 0.1) is 6.04 Å². The first-order valence-electron chi connectivity index (χ1n) is 6.15. The molecule has 0 fully saturated rings. The summed E-state index contributed by atoms with van der Waals surface area (Å²) in [5, 5.41) is 12.7. The maximum Gasteiger partial charge on any atom is 0.131 e. The van der Waals surface area contributed by atoms with E-state index in [0.717, 1.165) is 23.6 Å². The van der Waals surface area contributed by atoms with Crippen LogP contribution in [0, 0.1) is 11.6 Å². The maximum absolute atomic E-state index is 13.9. The van der Waals surface area contributed by atoms with Gasteiger partial charge in [-0.15, -0.1) is 0 Å². The third-order valence-corrected chi connectivity index (χ3v) is 3.45. The first-order chi connectivity index (χ1) is 9.15. The molecule has 2 nitrogen and oxygen atoms in total. The minimum Gasteiger partial charge on any atom is -0.508 e. The highest BCUT2D eigenvalue weighted by Crippen LogP contribution is 2.32. The average molecular weight is 261 g/mol. The zero-order valence-corrected chi connectivity index (χ0v) is 10.2. The summed E-state index contributed by atoms with van der Waals surface area (Å²) in [6.45, 7) is 0.692. The quantitative estimate of drug-likeness (QED) is 0.827. The second-order valence-electron chi connectivity index (χ2n) is 4.69. The molecule has 4 heteroatoms. The van der Waals surface area contributed by atoms with E-state index in [4.69, 9.17) is 0 Å². The van der Waals surface area contributed by atoms with Gasteiger partial charge in [0.25, 0.3) is 0 Å². The van der Waals surface area contributed by atoms with Gasteiger partial charge in [0.15, 0.2) is 0 Å².